The fourth-order valence-corrected chi connectivity index (χ4v) is 3.11. The van der Waals surface area contributed by atoms with Crippen LogP contribution in [0.15, 0.2) is 23.2 Å². The van der Waals surface area contributed by atoms with E-state index in [0.717, 1.165) is 35.8 Å². The van der Waals surface area contributed by atoms with Gasteiger partial charge >= 0.3 is 6.09 Å². The van der Waals surface area contributed by atoms with Crippen LogP contribution in [0.5, 0.6) is 5.75 Å². The van der Waals surface area contributed by atoms with Crippen molar-refractivity contribution in [3.8, 4) is 5.75 Å². The maximum Gasteiger partial charge on any atom is 0.407 e. The van der Waals surface area contributed by atoms with E-state index in [-0.39, 0.29) is 12.1 Å². The van der Waals surface area contributed by atoms with Crippen molar-refractivity contribution in [2.75, 3.05) is 27.2 Å². The second kappa shape index (κ2) is 8.97. The van der Waals surface area contributed by atoms with E-state index in [1.54, 1.807) is 14.2 Å². The number of aryl methyl sites for hydroxylation is 1. The maximum atomic E-state index is 11.9. The number of nitrogens with zero attached hydrogens (tertiary/aromatic N) is 2. The number of methoxy groups -OCH3 is 1. The Morgan fingerprint density at radius 3 is 2.70 bits per heavy atom. The Labute approximate surface area is 162 Å². The molecule has 1 unspecified atom stereocenters. The molecule has 1 saturated heterocycles. The first kappa shape index (κ1) is 20.9. The molecule has 0 radical (unpaired) electrons. The average molecular weight is 377 g/mol. The number of rotatable bonds is 4. The first-order valence-corrected chi connectivity index (χ1v) is 9.30. The van der Waals surface area contributed by atoms with Gasteiger partial charge in [0, 0.05) is 26.7 Å². The van der Waals surface area contributed by atoms with Gasteiger partial charge in [0.1, 0.15) is 11.4 Å². The van der Waals surface area contributed by atoms with E-state index >= 15 is 0 Å². The molecule has 0 bridgehead atoms. The van der Waals surface area contributed by atoms with Gasteiger partial charge in [-0.2, -0.15) is 0 Å². The third-order valence-corrected chi connectivity index (χ3v) is 4.33. The highest BCUT2D eigenvalue weighted by Crippen LogP contribution is 2.18. The number of likely N-dealkylation sites (tertiary alicyclic amines) is 1. The molecule has 7 nitrogen and oxygen atoms in total. The number of nitrogens with one attached hydrogen (secondary N) is 2. The van der Waals surface area contributed by atoms with E-state index in [4.69, 9.17) is 9.47 Å². The van der Waals surface area contributed by atoms with E-state index in [2.05, 4.69) is 26.6 Å². The smallest absolute Gasteiger partial charge is 0.407 e. The van der Waals surface area contributed by atoms with Gasteiger partial charge in [-0.25, -0.2) is 4.79 Å². The summed E-state index contributed by atoms with van der Waals surface area (Å²) in [6, 6.07) is 6.19. The molecule has 0 saturated carbocycles. The first-order valence-electron chi connectivity index (χ1n) is 9.30. The lowest BCUT2D eigenvalue weighted by molar-refractivity contribution is 0.0507. The van der Waals surface area contributed by atoms with Crippen molar-refractivity contribution in [2.45, 2.75) is 52.3 Å². The van der Waals surface area contributed by atoms with Crippen LogP contribution in [0.2, 0.25) is 0 Å². The molecule has 1 atom stereocenters. The number of hydrogen-bond donors (Lipinski definition) is 2. The molecule has 2 rings (SSSR count). The van der Waals surface area contributed by atoms with Gasteiger partial charge in [-0.15, -0.1) is 0 Å². The fourth-order valence-electron chi connectivity index (χ4n) is 3.11. The molecular weight excluding hydrogens is 344 g/mol. The lowest BCUT2D eigenvalue weighted by atomic mass is 10.1. The Hall–Kier alpha value is -2.44. The highest BCUT2D eigenvalue weighted by molar-refractivity contribution is 5.80. The van der Waals surface area contributed by atoms with Crippen molar-refractivity contribution in [1.29, 1.82) is 0 Å². The zero-order valence-electron chi connectivity index (χ0n) is 17.3. The maximum absolute atomic E-state index is 11.9. The molecule has 7 heteroatoms. The van der Waals surface area contributed by atoms with Gasteiger partial charge in [-0.1, -0.05) is 12.1 Å². The number of amides is 1. The molecule has 1 aromatic rings. The molecule has 1 aliphatic rings. The molecule has 0 aromatic heterocycles. The molecule has 1 fully saturated rings. The molecule has 1 heterocycles. The van der Waals surface area contributed by atoms with Gasteiger partial charge in [0.05, 0.1) is 13.2 Å². The first-order chi connectivity index (χ1) is 12.7. The monoisotopic (exact) mass is 376 g/mol. The second-order valence-corrected chi connectivity index (χ2v) is 7.78. The molecule has 1 aliphatic heterocycles. The van der Waals surface area contributed by atoms with Crippen molar-refractivity contribution in [3.63, 3.8) is 0 Å². The van der Waals surface area contributed by atoms with Crippen LogP contribution in [0, 0.1) is 6.92 Å². The van der Waals surface area contributed by atoms with Crippen LogP contribution in [0.3, 0.4) is 0 Å². The SMILES string of the molecule is CN=C(NCc1ccc(OC)c(C)c1)N1CCC(NC(=O)OC(C)(C)C)C1. The summed E-state index contributed by atoms with van der Waals surface area (Å²) < 4.78 is 10.6. The Balaban J connectivity index is 1.86. The number of guanidine groups is 1. The number of carbonyl (C=O) groups is 1. The number of benzene rings is 1. The summed E-state index contributed by atoms with van der Waals surface area (Å²) in [5.41, 5.74) is 1.78. The summed E-state index contributed by atoms with van der Waals surface area (Å²) in [6.45, 7) is 9.84. The van der Waals surface area contributed by atoms with Crippen molar-refractivity contribution in [3.05, 3.63) is 29.3 Å². The van der Waals surface area contributed by atoms with Crippen molar-refractivity contribution in [1.82, 2.24) is 15.5 Å². The summed E-state index contributed by atoms with van der Waals surface area (Å²) in [4.78, 5) is 18.5. The summed E-state index contributed by atoms with van der Waals surface area (Å²) in [5, 5.41) is 6.33. The third-order valence-electron chi connectivity index (χ3n) is 4.33. The molecule has 0 spiro atoms. The van der Waals surface area contributed by atoms with Crippen LogP contribution in [-0.4, -0.2) is 55.8 Å². The number of hydrogen-bond acceptors (Lipinski definition) is 4. The summed E-state index contributed by atoms with van der Waals surface area (Å²) in [7, 11) is 3.45. The largest absolute Gasteiger partial charge is 0.496 e. The summed E-state index contributed by atoms with van der Waals surface area (Å²) in [5.74, 6) is 1.72. The summed E-state index contributed by atoms with van der Waals surface area (Å²) in [6.07, 6.45) is 0.493. The van der Waals surface area contributed by atoms with Crippen LogP contribution in [0.1, 0.15) is 38.3 Å². The Bertz CT molecular complexity index is 682. The molecule has 1 aromatic carbocycles. The van der Waals surface area contributed by atoms with Crippen LogP contribution in [0.4, 0.5) is 4.79 Å². The minimum Gasteiger partial charge on any atom is -0.496 e. The van der Waals surface area contributed by atoms with E-state index < -0.39 is 5.60 Å². The van der Waals surface area contributed by atoms with E-state index in [1.165, 1.54) is 0 Å². The Morgan fingerprint density at radius 2 is 2.11 bits per heavy atom. The Morgan fingerprint density at radius 1 is 1.37 bits per heavy atom. The number of aliphatic imine (C=N–C) groups is 1. The van der Waals surface area contributed by atoms with Crippen LogP contribution in [0.25, 0.3) is 0 Å². The molecule has 0 aliphatic carbocycles. The quantitative estimate of drug-likeness (QED) is 0.624. The molecule has 27 heavy (non-hydrogen) atoms. The van der Waals surface area contributed by atoms with E-state index in [9.17, 15) is 4.79 Å². The van der Waals surface area contributed by atoms with Crippen molar-refractivity contribution >= 4 is 12.1 Å². The highest BCUT2D eigenvalue weighted by Gasteiger charge is 2.27. The second-order valence-electron chi connectivity index (χ2n) is 7.78. The van der Waals surface area contributed by atoms with Gasteiger partial charge in [0.15, 0.2) is 5.96 Å². The van der Waals surface area contributed by atoms with E-state index in [0.29, 0.717) is 13.1 Å². The predicted molar refractivity (Wildman–Crippen MR) is 107 cm³/mol. The minimum absolute atomic E-state index is 0.0571. The number of ether oxygens (including phenoxy) is 2. The molecule has 1 amide bonds. The van der Waals surface area contributed by atoms with Crippen molar-refractivity contribution in [2.24, 2.45) is 4.99 Å². The predicted octanol–water partition coefficient (Wildman–Crippen LogP) is 2.68. The Kier molecular flexibility index (Phi) is 6.93. The molecular formula is C20H32N4O3. The normalized spacial score (nSPS) is 17.6. The van der Waals surface area contributed by atoms with Gasteiger partial charge in [0.2, 0.25) is 0 Å². The zero-order valence-corrected chi connectivity index (χ0v) is 17.3. The van der Waals surface area contributed by atoms with Crippen LogP contribution in [-0.2, 0) is 11.3 Å². The molecule has 2 N–H and O–H groups in total. The van der Waals surface area contributed by atoms with Crippen LogP contribution >= 0.6 is 0 Å². The van der Waals surface area contributed by atoms with E-state index in [1.807, 2.05) is 39.8 Å². The van der Waals surface area contributed by atoms with Gasteiger partial charge in [-0.05, 0) is 51.3 Å². The molecule has 150 valence electrons. The van der Waals surface area contributed by atoms with Crippen LogP contribution < -0.4 is 15.4 Å². The van der Waals surface area contributed by atoms with Gasteiger partial charge < -0.3 is 25.0 Å². The average Bonchev–Trinajstić information content (AvgIpc) is 3.02. The lowest BCUT2D eigenvalue weighted by Gasteiger charge is -2.23. The van der Waals surface area contributed by atoms with Crippen molar-refractivity contribution < 1.29 is 14.3 Å². The topological polar surface area (TPSA) is 75.2 Å². The van der Waals surface area contributed by atoms with Gasteiger partial charge in [0.25, 0.3) is 0 Å². The zero-order chi connectivity index (χ0) is 20.0. The fraction of sp³-hybridized carbons (Fsp3) is 0.600. The standard InChI is InChI=1S/C20H32N4O3/c1-14-11-15(7-8-17(14)26-6)12-22-18(21-5)24-10-9-16(13-24)23-19(25)27-20(2,3)4/h7-8,11,16H,9-10,12-13H2,1-6H3,(H,21,22)(H,23,25). The number of carbonyl (C=O) groups excluding carboxylic acids is 1. The van der Waals surface area contributed by atoms with Gasteiger partial charge in [-0.3, -0.25) is 4.99 Å². The summed E-state index contributed by atoms with van der Waals surface area (Å²) >= 11 is 0. The highest BCUT2D eigenvalue weighted by atomic mass is 16.6. The number of alkyl carbamates (subject to hydrolysis) is 1. The lowest BCUT2D eigenvalue weighted by Crippen LogP contribution is -2.44. The minimum atomic E-state index is -0.490. The third kappa shape index (κ3) is 6.34.